The van der Waals surface area contributed by atoms with Crippen molar-refractivity contribution in [2.24, 2.45) is 0 Å². The van der Waals surface area contributed by atoms with Gasteiger partial charge in [-0.3, -0.25) is 0 Å². The van der Waals surface area contributed by atoms with Gasteiger partial charge in [0, 0.05) is 6.61 Å². The molecular weight excluding hydrogens is 240 g/mol. The molecule has 0 amide bonds. The molecule has 0 fully saturated rings. The van der Waals surface area contributed by atoms with E-state index in [1.54, 1.807) is 0 Å². The van der Waals surface area contributed by atoms with Crippen LogP contribution in [0.1, 0.15) is 6.92 Å². The highest BCUT2D eigenvalue weighted by atomic mass is 28.5. The van der Waals surface area contributed by atoms with E-state index in [-0.39, 0.29) is 0 Å². The second-order valence-electron chi connectivity index (χ2n) is 5.06. The third kappa shape index (κ3) is 9.46. The van der Waals surface area contributed by atoms with Crippen LogP contribution in [-0.4, -0.2) is 38.8 Å². The zero-order valence-electron chi connectivity index (χ0n) is 11.1. The summed E-state index contributed by atoms with van der Waals surface area (Å²) in [7, 11) is -4.25. The van der Waals surface area contributed by atoms with E-state index in [9.17, 15) is 0 Å². The van der Waals surface area contributed by atoms with Gasteiger partial charge in [0.05, 0.1) is 6.23 Å². The third-order valence-electron chi connectivity index (χ3n) is 1.48. The quantitative estimate of drug-likeness (QED) is 0.663. The molecule has 0 aliphatic rings. The van der Waals surface area contributed by atoms with Gasteiger partial charge in [0.2, 0.25) is 9.04 Å². The van der Waals surface area contributed by atoms with Gasteiger partial charge in [-0.15, -0.1) is 0 Å². The summed E-state index contributed by atoms with van der Waals surface area (Å²) in [5.41, 5.74) is 0. The van der Waals surface area contributed by atoms with Crippen molar-refractivity contribution in [1.29, 1.82) is 0 Å². The first-order chi connectivity index (χ1) is 6.66. The van der Waals surface area contributed by atoms with Gasteiger partial charge in [0.25, 0.3) is 0 Å². The first-order valence-electron chi connectivity index (χ1n) is 5.45. The average Bonchev–Trinajstić information content (AvgIpc) is 1.94. The highest BCUT2D eigenvalue weighted by molar-refractivity contribution is 6.84. The Balaban J connectivity index is 4.01. The molecule has 0 bridgehead atoms. The minimum atomic E-state index is -1.92. The normalized spacial score (nSPS) is 13.6. The fraction of sp³-hybridized carbons (Fsp3) is 1.00. The van der Waals surface area contributed by atoms with Crippen molar-refractivity contribution in [2.75, 3.05) is 12.8 Å². The molecule has 0 aromatic rings. The lowest BCUT2D eigenvalue weighted by molar-refractivity contribution is 0.181. The molecule has 0 aromatic carbocycles. The largest absolute Gasteiger partial charge is 0.437 e. The summed E-state index contributed by atoms with van der Waals surface area (Å²) in [6, 6.07) is 0. The second kappa shape index (κ2) is 6.31. The molecule has 0 aromatic heterocycles. The van der Waals surface area contributed by atoms with Crippen LogP contribution in [0.3, 0.4) is 0 Å². The zero-order chi connectivity index (χ0) is 12.1. The molecule has 0 atom stereocenters. The molecule has 91 valence electrons. The number of hydrogen-bond acceptors (Lipinski definition) is 3. The summed E-state index contributed by atoms with van der Waals surface area (Å²) < 4.78 is 17.5. The maximum Gasteiger partial charge on any atom is 0.311 e. The summed E-state index contributed by atoms with van der Waals surface area (Å²) in [6.07, 6.45) is 0.757. The van der Waals surface area contributed by atoms with Crippen molar-refractivity contribution in [3.63, 3.8) is 0 Å². The minimum Gasteiger partial charge on any atom is -0.437 e. The van der Waals surface area contributed by atoms with E-state index in [2.05, 4.69) is 39.3 Å². The van der Waals surface area contributed by atoms with E-state index >= 15 is 0 Å². The van der Waals surface area contributed by atoms with Crippen molar-refractivity contribution >= 4 is 25.9 Å². The molecule has 1 radical (unpaired) electrons. The number of ether oxygens (including phenoxy) is 1. The molecule has 0 unspecified atom stereocenters. The molecule has 3 nitrogen and oxygen atoms in total. The Hall–Kier alpha value is 0.531. The summed E-state index contributed by atoms with van der Waals surface area (Å²) >= 11 is 0. The second-order valence-corrected chi connectivity index (χ2v) is 15.4. The fourth-order valence-electron chi connectivity index (χ4n) is 1.45. The molecule has 15 heavy (non-hydrogen) atoms. The van der Waals surface area contributed by atoms with E-state index in [0.29, 0.717) is 0 Å². The van der Waals surface area contributed by atoms with Crippen molar-refractivity contribution in [2.45, 2.75) is 46.2 Å². The highest BCUT2D eigenvalue weighted by Gasteiger charge is 2.33. The Morgan fingerprint density at radius 1 is 1.07 bits per heavy atom. The fourth-order valence-corrected chi connectivity index (χ4v) is 12.0. The van der Waals surface area contributed by atoms with Crippen molar-refractivity contribution in [3.05, 3.63) is 0 Å². The van der Waals surface area contributed by atoms with Crippen LogP contribution in [0.4, 0.5) is 0 Å². The molecule has 0 saturated heterocycles. The molecule has 0 aliphatic heterocycles. The maximum atomic E-state index is 6.10. The smallest absolute Gasteiger partial charge is 0.311 e. The predicted molar refractivity (Wildman–Crippen MR) is 71.1 cm³/mol. The third-order valence-corrected chi connectivity index (χ3v) is 9.87. The van der Waals surface area contributed by atoms with Gasteiger partial charge in [-0.25, -0.2) is 0 Å². The summed E-state index contributed by atoms with van der Waals surface area (Å²) in [4.78, 5) is 0. The first-order valence-corrected chi connectivity index (χ1v) is 13.8. The van der Waals surface area contributed by atoms with E-state index in [4.69, 9.17) is 13.0 Å². The first kappa shape index (κ1) is 15.5. The van der Waals surface area contributed by atoms with Crippen LogP contribution in [0, 0.1) is 0 Å². The lowest BCUT2D eigenvalue weighted by Crippen LogP contribution is -2.48. The Bertz CT molecular complexity index is 180. The lowest BCUT2D eigenvalue weighted by Gasteiger charge is -2.32. The van der Waals surface area contributed by atoms with Gasteiger partial charge in [-0.05, 0) is 46.2 Å². The van der Waals surface area contributed by atoms with E-state index in [0.717, 1.165) is 12.8 Å². The Labute approximate surface area is 98.2 Å². The van der Waals surface area contributed by atoms with Gasteiger partial charge >= 0.3 is 8.56 Å². The molecule has 0 saturated carbocycles. The van der Waals surface area contributed by atoms with E-state index in [1.165, 1.54) is 0 Å². The van der Waals surface area contributed by atoms with Gasteiger partial charge in [-0.1, -0.05) is 0 Å². The molecule has 0 heterocycles. The maximum absolute atomic E-state index is 6.10. The Kier molecular flexibility index (Phi) is 6.53. The predicted octanol–water partition coefficient (Wildman–Crippen LogP) is 2.75. The van der Waals surface area contributed by atoms with E-state index in [1.807, 2.05) is 6.92 Å². The van der Waals surface area contributed by atoms with Gasteiger partial charge in [0.15, 0.2) is 8.32 Å². The van der Waals surface area contributed by atoms with Crippen LogP contribution in [0.25, 0.3) is 0 Å². The van der Waals surface area contributed by atoms with Crippen LogP contribution in [0.5, 0.6) is 0 Å². The molecule has 0 aliphatic carbocycles. The topological polar surface area (TPSA) is 27.7 Å². The van der Waals surface area contributed by atoms with Crippen LogP contribution in [0.2, 0.25) is 39.3 Å². The number of hydrogen-bond donors (Lipinski definition) is 0. The average molecular weight is 266 g/mol. The summed E-state index contributed by atoms with van der Waals surface area (Å²) in [5.74, 6) is 0. The van der Waals surface area contributed by atoms with Crippen molar-refractivity contribution in [3.8, 4) is 0 Å². The summed E-state index contributed by atoms with van der Waals surface area (Å²) in [5, 5.41) is 0. The van der Waals surface area contributed by atoms with Crippen molar-refractivity contribution in [1.82, 2.24) is 0 Å². The van der Waals surface area contributed by atoms with Gasteiger partial charge < -0.3 is 13.0 Å². The van der Waals surface area contributed by atoms with Crippen LogP contribution in [-0.2, 0) is 13.0 Å². The molecular formula is C9H25O3Si3. The SMILES string of the molecule is CCOC[Si](C)O[Si](C)(C)O[Si](C)(C)C. The Morgan fingerprint density at radius 2 is 1.60 bits per heavy atom. The Morgan fingerprint density at radius 3 is 2.00 bits per heavy atom. The van der Waals surface area contributed by atoms with E-state index < -0.39 is 25.9 Å². The molecule has 0 rings (SSSR count). The molecule has 6 heteroatoms. The molecule has 0 spiro atoms. The van der Waals surface area contributed by atoms with Gasteiger partial charge in [-0.2, -0.15) is 0 Å². The van der Waals surface area contributed by atoms with Crippen LogP contribution >= 0.6 is 0 Å². The van der Waals surface area contributed by atoms with Crippen LogP contribution < -0.4 is 0 Å². The van der Waals surface area contributed by atoms with Gasteiger partial charge in [0.1, 0.15) is 0 Å². The van der Waals surface area contributed by atoms with Crippen molar-refractivity contribution < 1.29 is 13.0 Å². The van der Waals surface area contributed by atoms with Crippen LogP contribution in [0.15, 0.2) is 0 Å². The number of rotatable bonds is 7. The minimum absolute atomic E-state index is 0.757. The molecule has 0 N–H and O–H groups in total. The zero-order valence-corrected chi connectivity index (χ0v) is 14.1. The standard InChI is InChI=1S/C9H25O3Si3/c1-8-10-9-13(2)11-15(6,7)12-14(3,4)5/h8-9H2,1-7H3. The monoisotopic (exact) mass is 265 g/mol. The summed E-state index contributed by atoms with van der Waals surface area (Å²) in [6.45, 7) is 15.8. The highest BCUT2D eigenvalue weighted by Crippen LogP contribution is 2.16. The lowest BCUT2D eigenvalue weighted by atomic mass is 10.9.